The topological polar surface area (TPSA) is 62.0 Å². The van der Waals surface area contributed by atoms with Crippen LogP contribution in [0, 0.1) is 19.7 Å². The standard InChI is InChI=1S/C16H14F4N2O2/c1-8-5-13(23)14(9(2)22-8)15(24)21-7-10-6-11(16(18,19)20)3-4-12(10)17/h3-6H,7H2,1-2H3,(H,21,24)(H,22,23). The number of alkyl halides is 3. The van der Waals surface area contributed by atoms with Crippen molar-refractivity contribution in [3.63, 3.8) is 0 Å². The molecule has 0 aliphatic rings. The fourth-order valence-electron chi connectivity index (χ4n) is 2.28. The van der Waals surface area contributed by atoms with Gasteiger partial charge in [-0.15, -0.1) is 0 Å². The lowest BCUT2D eigenvalue weighted by Crippen LogP contribution is -2.30. The van der Waals surface area contributed by atoms with Crippen LogP contribution in [0.4, 0.5) is 17.6 Å². The molecule has 4 nitrogen and oxygen atoms in total. The molecule has 2 aromatic rings. The Morgan fingerprint density at radius 1 is 1.21 bits per heavy atom. The molecule has 0 unspecified atom stereocenters. The zero-order valence-electron chi connectivity index (χ0n) is 12.8. The van der Waals surface area contributed by atoms with E-state index < -0.39 is 35.4 Å². The van der Waals surface area contributed by atoms with Gasteiger partial charge in [0, 0.05) is 29.6 Å². The van der Waals surface area contributed by atoms with Crippen LogP contribution >= 0.6 is 0 Å². The van der Waals surface area contributed by atoms with Gasteiger partial charge in [0.1, 0.15) is 11.4 Å². The number of halogens is 4. The van der Waals surface area contributed by atoms with Crippen molar-refractivity contribution in [2.45, 2.75) is 26.6 Å². The predicted molar refractivity (Wildman–Crippen MR) is 79.1 cm³/mol. The van der Waals surface area contributed by atoms with Gasteiger partial charge in [-0.25, -0.2) is 4.39 Å². The first-order chi connectivity index (χ1) is 11.1. The Labute approximate surface area is 134 Å². The van der Waals surface area contributed by atoms with E-state index in [4.69, 9.17) is 0 Å². The van der Waals surface area contributed by atoms with Gasteiger partial charge in [0.05, 0.1) is 5.56 Å². The highest BCUT2D eigenvalue weighted by atomic mass is 19.4. The highest BCUT2D eigenvalue weighted by Crippen LogP contribution is 2.30. The Morgan fingerprint density at radius 3 is 2.46 bits per heavy atom. The van der Waals surface area contributed by atoms with Crippen LogP contribution in [-0.2, 0) is 12.7 Å². The third-order valence-corrected chi connectivity index (χ3v) is 3.39. The van der Waals surface area contributed by atoms with E-state index in [2.05, 4.69) is 10.3 Å². The van der Waals surface area contributed by atoms with Crippen molar-refractivity contribution in [2.24, 2.45) is 0 Å². The molecule has 0 saturated carbocycles. The van der Waals surface area contributed by atoms with Gasteiger partial charge < -0.3 is 10.3 Å². The van der Waals surface area contributed by atoms with E-state index in [9.17, 15) is 27.2 Å². The van der Waals surface area contributed by atoms with Gasteiger partial charge in [-0.1, -0.05) is 0 Å². The minimum Gasteiger partial charge on any atom is -0.362 e. The lowest BCUT2D eigenvalue weighted by atomic mass is 10.1. The number of aromatic nitrogens is 1. The molecule has 8 heteroatoms. The molecule has 0 bridgehead atoms. The lowest BCUT2D eigenvalue weighted by Gasteiger charge is -2.11. The second-order valence-corrected chi connectivity index (χ2v) is 5.30. The largest absolute Gasteiger partial charge is 0.416 e. The number of hydrogen-bond acceptors (Lipinski definition) is 2. The smallest absolute Gasteiger partial charge is 0.362 e. The molecule has 128 valence electrons. The number of pyridine rings is 1. The molecule has 0 aliphatic carbocycles. The summed E-state index contributed by atoms with van der Waals surface area (Å²) < 4.78 is 51.6. The number of aromatic amines is 1. The summed E-state index contributed by atoms with van der Waals surface area (Å²) in [5.41, 5.74) is -1.13. The molecule has 2 N–H and O–H groups in total. The van der Waals surface area contributed by atoms with Crippen LogP contribution in [0.15, 0.2) is 29.1 Å². The molecule has 2 rings (SSSR count). The maximum atomic E-state index is 13.6. The highest BCUT2D eigenvalue weighted by Gasteiger charge is 2.31. The Balaban J connectivity index is 2.23. The van der Waals surface area contributed by atoms with Gasteiger partial charge in [0.25, 0.3) is 5.91 Å². The molecular weight excluding hydrogens is 328 g/mol. The highest BCUT2D eigenvalue weighted by molar-refractivity contribution is 5.95. The summed E-state index contributed by atoms with van der Waals surface area (Å²) in [6.07, 6.45) is -4.61. The molecule has 0 atom stereocenters. The summed E-state index contributed by atoms with van der Waals surface area (Å²) in [5, 5.41) is 2.27. The van der Waals surface area contributed by atoms with Gasteiger partial charge in [0.15, 0.2) is 5.43 Å². The number of aryl methyl sites for hydroxylation is 2. The molecule has 1 aromatic heterocycles. The minimum absolute atomic E-state index is 0.159. The number of carbonyl (C=O) groups is 1. The van der Waals surface area contributed by atoms with Crippen LogP contribution in [-0.4, -0.2) is 10.9 Å². The van der Waals surface area contributed by atoms with Crippen molar-refractivity contribution in [1.82, 2.24) is 10.3 Å². The quantitative estimate of drug-likeness (QED) is 0.842. The maximum absolute atomic E-state index is 13.6. The van der Waals surface area contributed by atoms with Crippen LogP contribution < -0.4 is 10.7 Å². The molecule has 0 spiro atoms. The van der Waals surface area contributed by atoms with Gasteiger partial charge in [-0.05, 0) is 32.0 Å². The van der Waals surface area contributed by atoms with E-state index in [0.717, 1.165) is 0 Å². The first-order valence-corrected chi connectivity index (χ1v) is 6.94. The number of rotatable bonds is 3. The second-order valence-electron chi connectivity index (χ2n) is 5.30. The summed E-state index contributed by atoms with van der Waals surface area (Å²) in [5.74, 6) is -1.66. The van der Waals surface area contributed by atoms with Crippen LogP contribution in [0.5, 0.6) is 0 Å². The van der Waals surface area contributed by atoms with Crippen LogP contribution in [0.1, 0.15) is 32.9 Å². The normalized spacial score (nSPS) is 11.4. The molecule has 0 aliphatic heterocycles. The van der Waals surface area contributed by atoms with Gasteiger partial charge in [-0.3, -0.25) is 9.59 Å². The van der Waals surface area contributed by atoms with E-state index in [1.807, 2.05) is 0 Å². The van der Waals surface area contributed by atoms with Gasteiger partial charge >= 0.3 is 6.18 Å². The minimum atomic E-state index is -4.61. The van der Waals surface area contributed by atoms with Gasteiger partial charge in [-0.2, -0.15) is 13.2 Å². The summed E-state index contributed by atoms with van der Waals surface area (Å²) in [6.45, 7) is 2.70. The molecule has 0 saturated heterocycles. The summed E-state index contributed by atoms with van der Waals surface area (Å²) in [6, 6.07) is 3.17. The number of amides is 1. The van der Waals surface area contributed by atoms with Crippen molar-refractivity contribution in [3.8, 4) is 0 Å². The number of benzene rings is 1. The zero-order valence-corrected chi connectivity index (χ0v) is 12.8. The SMILES string of the molecule is Cc1cc(=O)c(C(=O)NCc2cc(C(F)(F)F)ccc2F)c(C)[nH]1. The van der Waals surface area contributed by atoms with E-state index in [-0.39, 0.29) is 11.1 Å². The third-order valence-electron chi connectivity index (χ3n) is 3.39. The van der Waals surface area contributed by atoms with Crippen LogP contribution in [0.2, 0.25) is 0 Å². The van der Waals surface area contributed by atoms with E-state index in [1.165, 1.54) is 13.0 Å². The molecule has 0 radical (unpaired) electrons. The van der Waals surface area contributed by atoms with Gasteiger partial charge in [0.2, 0.25) is 0 Å². The number of hydrogen-bond donors (Lipinski definition) is 2. The van der Waals surface area contributed by atoms with Crippen molar-refractivity contribution >= 4 is 5.91 Å². The monoisotopic (exact) mass is 342 g/mol. The van der Waals surface area contributed by atoms with Crippen molar-refractivity contribution in [2.75, 3.05) is 0 Å². The van der Waals surface area contributed by atoms with Crippen molar-refractivity contribution < 1.29 is 22.4 Å². The molecule has 0 fully saturated rings. The fraction of sp³-hybridized carbons (Fsp3) is 0.250. The van der Waals surface area contributed by atoms with E-state index in [0.29, 0.717) is 29.6 Å². The predicted octanol–water partition coefficient (Wildman–Crippen LogP) is 3.08. The number of nitrogens with one attached hydrogen (secondary N) is 2. The first kappa shape index (κ1) is 17.7. The molecular formula is C16H14F4N2O2. The molecule has 1 heterocycles. The summed E-state index contributed by atoms with van der Waals surface area (Å²) >= 11 is 0. The first-order valence-electron chi connectivity index (χ1n) is 6.94. The zero-order chi connectivity index (χ0) is 18.1. The van der Waals surface area contributed by atoms with Crippen molar-refractivity contribution in [1.29, 1.82) is 0 Å². The average molecular weight is 342 g/mol. The molecule has 1 aromatic carbocycles. The lowest BCUT2D eigenvalue weighted by molar-refractivity contribution is -0.137. The average Bonchev–Trinajstić information content (AvgIpc) is 2.44. The summed E-state index contributed by atoms with van der Waals surface area (Å²) in [4.78, 5) is 26.8. The molecule has 1 amide bonds. The number of H-pyrrole nitrogens is 1. The van der Waals surface area contributed by atoms with Crippen LogP contribution in [0.3, 0.4) is 0 Å². The molecule has 24 heavy (non-hydrogen) atoms. The maximum Gasteiger partial charge on any atom is 0.416 e. The second kappa shape index (κ2) is 6.46. The van der Waals surface area contributed by atoms with E-state index >= 15 is 0 Å². The Morgan fingerprint density at radius 2 is 1.88 bits per heavy atom. The summed E-state index contributed by atoms with van der Waals surface area (Å²) in [7, 11) is 0. The third kappa shape index (κ3) is 3.81. The Bertz CT molecular complexity index is 841. The Kier molecular flexibility index (Phi) is 4.77. The van der Waals surface area contributed by atoms with Crippen molar-refractivity contribution in [3.05, 3.63) is 68.4 Å². The Hall–Kier alpha value is -2.64. The number of carbonyl (C=O) groups excluding carboxylic acids is 1. The van der Waals surface area contributed by atoms with Crippen LogP contribution in [0.25, 0.3) is 0 Å². The fourth-order valence-corrected chi connectivity index (χ4v) is 2.28. The van der Waals surface area contributed by atoms with E-state index in [1.54, 1.807) is 6.92 Å².